The number of hydrogen-bond donors (Lipinski definition) is 0. The van der Waals surface area contributed by atoms with E-state index in [-0.39, 0.29) is 18.0 Å². The molecule has 2 saturated heterocycles. The summed E-state index contributed by atoms with van der Waals surface area (Å²) in [6, 6.07) is 10.6. The zero-order valence-corrected chi connectivity index (χ0v) is 20.5. The lowest BCUT2D eigenvalue weighted by Crippen LogP contribution is -2.46. The molecule has 2 fully saturated rings. The summed E-state index contributed by atoms with van der Waals surface area (Å²) < 4.78 is 40.5. The second-order valence-electron chi connectivity index (χ2n) is 9.39. The first-order valence-corrected chi connectivity index (χ1v) is 13.4. The van der Waals surface area contributed by atoms with E-state index in [1.165, 1.54) is 21.3 Å². The lowest BCUT2D eigenvalue weighted by molar-refractivity contribution is -0.256. The van der Waals surface area contributed by atoms with Crippen LogP contribution in [-0.2, 0) is 30.1 Å². The van der Waals surface area contributed by atoms with Crippen molar-refractivity contribution in [2.45, 2.75) is 36.0 Å². The Morgan fingerprint density at radius 1 is 0.972 bits per heavy atom. The molecule has 2 aromatic rings. The van der Waals surface area contributed by atoms with E-state index in [9.17, 15) is 22.8 Å². The summed E-state index contributed by atoms with van der Waals surface area (Å²) in [5.74, 6) is -2.85. The fraction of sp³-hybridized carbons (Fsp3) is 0.400. The first-order chi connectivity index (χ1) is 17.3. The van der Waals surface area contributed by atoms with Crippen molar-refractivity contribution in [3.8, 4) is 0 Å². The van der Waals surface area contributed by atoms with Gasteiger partial charge in [-0.1, -0.05) is 12.1 Å². The first-order valence-electron chi connectivity index (χ1n) is 11.9. The van der Waals surface area contributed by atoms with Crippen LogP contribution in [0.15, 0.2) is 47.4 Å². The van der Waals surface area contributed by atoms with Crippen LogP contribution in [-0.4, -0.2) is 74.7 Å². The second kappa shape index (κ2) is 8.20. The first kappa shape index (κ1) is 23.3. The summed E-state index contributed by atoms with van der Waals surface area (Å²) >= 11 is 0. The maximum absolute atomic E-state index is 13.8. The number of benzene rings is 2. The molecule has 4 aliphatic rings. The van der Waals surface area contributed by atoms with Crippen LogP contribution in [0, 0.1) is 0 Å². The molecule has 36 heavy (non-hydrogen) atoms. The number of likely N-dealkylation sites (N-methyl/N-ethyl adjacent to an activating group) is 1. The van der Waals surface area contributed by atoms with Gasteiger partial charge in [-0.05, 0) is 49.6 Å². The van der Waals surface area contributed by atoms with Crippen LogP contribution in [0.25, 0.3) is 0 Å². The number of anilines is 1. The van der Waals surface area contributed by atoms with Crippen molar-refractivity contribution < 1.29 is 32.3 Å². The molecule has 188 valence electrons. The molecule has 4 aliphatic heterocycles. The van der Waals surface area contributed by atoms with Gasteiger partial charge in [0.1, 0.15) is 0 Å². The number of ether oxygens (including phenoxy) is 2. The molecule has 0 radical (unpaired) electrons. The van der Waals surface area contributed by atoms with Crippen LogP contribution in [0.5, 0.6) is 0 Å². The number of fused-ring (bicyclic) bond motifs is 3. The minimum atomic E-state index is -4.00. The second-order valence-corrected chi connectivity index (χ2v) is 11.3. The molecule has 10 nitrogen and oxygen atoms in total. The third-order valence-electron chi connectivity index (χ3n) is 7.37. The predicted molar refractivity (Wildman–Crippen MR) is 127 cm³/mol. The van der Waals surface area contributed by atoms with E-state index in [0.717, 1.165) is 4.90 Å². The fourth-order valence-electron chi connectivity index (χ4n) is 5.55. The van der Waals surface area contributed by atoms with Crippen molar-refractivity contribution in [2.24, 2.45) is 0 Å². The average Bonchev–Trinajstić information content (AvgIpc) is 3.52. The molecule has 0 unspecified atom stereocenters. The molecular weight excluding hydrogens is 486 g/mol. The Bertz CT molecular complexity index is 1370. The Morgan fingerprint density at radius 2 is 1.64 bits per heavy atom. The van der Waals surface area contributed by atoms with E-state index >= 15 is 0 Å². The number of rotatable bonds is 4. The summed E-state index contributed by atoms with van der Waals surface area (Å²) in [6.07, 6.45) is 1.77. The summed E-state index contributed by atoms with van der Waals surface area (Å²) in [7, 11) is -2.40. The summed E-state index contributed by atoms with van der Waals surface area (Å²) in [6.45, 7) is 0.896. The third kappa shape index (κ3) is 3.20. The van der Waals surface area contributed by atoms with Crippen molar-refractivity contribution >= 4 is 33.4 Å². The van der Waals surface area contributed by atoms with Gasteiger partial charge >= 0.3 is 0 Å². The molecule has 2 aromatic carbocycles. The monoisotopic (exact) mass is 511 g/mol. The van der Waals surface area contributed by atoms with Gasteiger partial charge in [-0.15, -0.1) is 0 Å². The van der Waals surface area contributed by atoms with Gasteiger partial charge in [-0.25, -0.2) is 8.42 Å². The number of carbonyl (C=O) groups excluding carboxylic acids is 3. The maximum Gasteiger partial charge on any atom is 0.292 e. The SMILES string of the molecule is CN1C(=O)C2(OCCCO2)c2cc(S(=O)(=O)N3CCC[C@H]3CN3C(=O)c4ccccc4C3=O)ccc21. The van der Waals surface area contributed by atoms with Gasteiger partial charge in [0.15, 0.2) is 0 Å². The highest BCUT2D eigenvalue weighted by atomic mass is 32.2. The molecule has 0 aliphatic carbocycles. The minimum Gasteiger partial charge on any atom is -0.338 e. The van der Waals surface area contributed by atoms with Crippen LogP contribution in [0.2, 0.25) is 0 Å². The molecule has 0 saturated carbocycles. The molecule has 0 N–H and O–H groups in total. The summed E-state index contributed by atoms with van der Waals surface area (Å²) in [4.78, 5) is 41.3. The van der Waals surface area contributed by atoms with Gasteiger partial charge in [0.05, 0.1) is 34.9 Å². The number of carbonyl (C=O) groups is 3. The minimum absolute atomic E-state index is 0.00996. The Hall–Kier alpha value is -3.12. The summed E-state index contributed by atoms with van der Waals surface area (Å²) in [5.41, 5.74) is 1.57. The molecular formula is C25H25N3O7S. The third-order valence-corrected chi connectivity index (χ3v) is 9.32. The van der Waals surface area contributed by atoms with E-state index in [4.69, 9.17) is 9.47 Å². The van der Waals surface area contributed by atoms with E-state index < -0.39 is 39.6 Å². The summed E-state index contributed by atoms with van der Waals surface area (Å²) in [5, 5.41) is 0. The fourth-order valence-corrected chi connectivity index (χ4v) is 7.26. The zero-order chi connectivity index (χ0) is 25.2. The van der Waals surface area contributed by atoms with Gasteiger partial charge in [0.25, 0.3) is 23.5 Å². The van der Waals surface area contributed by atoms with Gasteiger partial charge < -0.3 is 14.4 Å². The van der Waals surface area contributed by atoms with Crippen LogP contribution in [0.3, 0.4) is 0 Å². The number of amides is 3. The van der Waals surface area contributed by atoms with Crippen molar-refractivity contribution in [1.82, 2.24) is 9.21 Å². The number of sulfonamides is 1. The van der Waals surface area contributed by atoms with Crippen molar-refractivity contribution in [3.05, 3.63) is 59.2 Å². The molecule has 0 aromatic heterocycles. The van der Waals surface area contributed by atoms with Crippen molar-refractivity contribution in [3.63, 3.8) is 0 Å². The van der Waals surface area contributed by atoms with Crippen LogP contribution in [0.1, 0.15) is 45.5 Å². The van der Waals surface area contributed by atoms with Crippen molar-refractivity contribution in [1.29, 1.82) is 0 Å². The van der Waals surface area contributed by atoms with Crippen LogP contribution in [0.4, 0.5) is 5.69 Å². The molecule has 3 amide bonds. The van der Waals surface area contributed by atoms with Crippen molar-refractivity contribution in [2.75, 3.05) is 38.3 Å². The normalized spacial score (nSPS) is 23.6. The Kier molecular flexibility index (Phi) is 5.31. The highest BCUT2D eigenvalue weighted by molar-refractivity contribution is 7.89. The molecule has 0 bridgehead atoms. The molecule has 1 atom stereocenters. The van der Waals surface area contributed by atoms with Gasteiger partial charge in [0, 0.05) is 31.7 Å². The Balaban J connectivity index is 1.31. The van der Waals surface area contributed by atoms with Gasteiger partial charge in [-0.3, -0.25) is 19.3 Å². The quantitative estimate of drug-likeness (QED) is 0.574. The highest BCUT2D eigenvalue weighted by Crippen LogP contribution is 2.45. The maximum atomic E-state index is 13.8. The molecule has 6 rings (SSSR count). The Morgan fingerprint density at radius 3 is 2.31 bits per heavy atom. The smallest absolute Gasteiger partial charge is 0.292 e. The standard InChI is InChI=1S/C25H25N3O7S/c1-26-21-10-9-17(14-20(21)25(24(26)31)34-12-5-13-35-25)36(32,33)28-11-4-6-16(28)15-27-22(29)18-7-2-3-8-19(18)23(27)30/h2-3,7-10,14,16H,4-6,11-13,15H2,1H3/t16-/m0/s1. The zero-order valence-electron chi connectivity index (χ0n) is 19.7. The number of hydrogen-bond acceptors (Lipinski definition) is 7. The average molecular weight is 512 g/mol. The highest BCUT2D eigenvalue weighted by Gasteiger charge is 2.54. The largest absolute Gasteiger partial charge is 0.338 e. The van der Waals surface area contributed by atoms with Gasteiger partial charge in [0.2, 0.25) is 10.0 Å². The Labute approximate surface area is 208 Å². The predicted octanol–water partition coefficient (Wildman–Crippen LogP) is 1.70. The van der Waals surface area contributed by atoms with E-state index in [0.29, 0.717) is 54.9 Å². The van der Waals surface area contributed by atoms with Crippen LogP contribution >= 0.6 is 0 Å². The molecule has 1 spiro atoms. The van der Waals surface area contributed by atoms with E-state index in [2.05, 4.69) is 0 Å². The lowest BCUT2D eigenvalue weighted by atomic mass is 10.1. The molecule has 11 heteroatoms. The number of imide groups is 1. The van der Waals surface area contributed by atoms with E-state index in [1.807, 2.05) is 0 Å². The van der Waals surface area contributed by atoms with Crippen LogP contribution < -0.4 is 4.90 Å². The topological polar surface area (TPSA) is 114 Å². The number of nitrogens with zero attached hydrogens (tertiary/aromatic N) is 3. The van der Waals surface area contributed by atoms with E-state index in [1.54, 1.807) is 37.4 Å². The van der Waals surface area contributed by atoms with Gasteiger partial charge in [-0.2, -0.15) is 4.31 Å². The lowest BCUT2D eigenvalue weighted by Gasteiger charge is -2.32. The molecule has 4 heterocycles.